The van der Waals surface area contributed by atoms with Crippen molar-refractivity contribution in [2.75, 3.05) is 6.54 Å². The molecule has 1 atom stereocenters. The van der Waals surface area contributed by atoms with E-state index < -0.39 is 0 Å². The van der Waals surface area contributed by atoms with E-state index in [1.807, 2.05) is 36.4 Å². The van der Waals surface area contributed by atoms with Crippen molar-refractivity contribution in [3.63, 3.8) is 0 Å². The summed E-state index contributed by atoms with van der Waals surface area (Å²) in [6, 6.07) is 22.6. The first-order valence-electron chi connectivity index (χ1n) is 8.30. The SMILES string of the molecule is C[C@H](O)CNCc1c(OCc2ccccc2)ccc2ccccc12. The highest BCUT2D eigenvalue weighted by molar-refractivity contribution is 5.87. The molecule has 0 heterocycles. The predicted molar refractivity (Wildman–Crippen MR) is 98.1 cm³/mol. The van der Waals surface area contributed by atoms with Gasteiger partial charge >= 0.3 is 0 Å². The van der Waals surface area contributed by atoms with Gasteiger partial charge in [-0.15, -0.1) is 0 Å². The molecule has 3 heteroatoms. The summed E-state index contributed by atoms with van der Waals surface area (Å²) in [5, 5.41) is 15.1. The summed E-state index contributed by atoms with van der Waals surface area (Å²) in [7, 11) is 0. The summed E-state index contributed by atoms with van der Waals surface area (Å²) in [6.07, 6.45) is -0.367. The number of aliphatic hydroxyl groups excluding tert-OH is 1. The van der Waals surface area contributed by atoms with Crippen LogP contribution in [-0.2, 0) is 13.2 Å². The van der Waals surface area contributed by atoms with Crippen LogP contribution in [0.2, 0.25) is 0 Å². The molecule has 3 aromatic rings. The van der Waals surface area contributed by atoms with E-state index in [1.54, 1.807) is 6.92 Å². The lowest BCUT2D eigenvalue weighted by atomic mass is 10.0. The molecule has 3 rings (SSSR count). The minimum atomic E-state index is -0.367. The van der Waals surface area contributed by atoms with Crippen LogP contribution >= 0.6 is 0 Å². The van der Waals surface area contributed by atoms with Crippen molar-refractivity contribution >= 4 is 10.8 Å². The first-order chi connectivity index (χ1) is 11.7. The van der Waals surface area contributed by atoms with Crippen LogP contribution in [0.1, 0.15) is 18.1 Å². The van der Waals surface area contributed by atoms with Gasteiger partial charge in [-0.05, 0) is 29.3 Å². The van der Waals surface area contributed by atoms with Crippen molar-refractivity contribution in [3.05, 3.63) is 77.9 Å². The Morgan fingerprint density at radius 3 is 2.50 bits per heavy atom. The van der Waals surface area contributed by atoms with Crippen LogP contribution in [0.4, 0.5) is 0 Å². The van der Waals surface area contributed by atoms with Crippen LogP contribution in [-0.4, -0.2) is 17.8 Å². The Hall–Kier alpha value is -2.36. The summed E-state index contributed by atoms with van der Waals surface area (Å²) in [6.45, 7) is 3.54. The van der Waals surface area contributed by atoms with Crippen molar-refractivity contribution in [3.8, 4) is 5.75 Å². The molecule has 0 fully saturated rings. The molecule has 3 aromatic carbocycles. The predicted octanol–water partition coefficient (Wildman–Crippen LogP) is 3.89. The average Bonchev–Trinajstić information content (AvgIpc) is 2.61. The molecular weight excluding hydrogens is 298 g/mol. The summed E-state index contributed by atoms with van der Waals surface area (Å²) >= 11 is 0. The molecule has 0 aliphatic carbocycles. The van der Waals surface area contributed by atoms with Gasteiger partial charge in [-0.2, -0.15) is 0 Å². The lowest BCUT2D eigenvalue weighted by Crippen LogP contribution is -2.24. The van der Waals surface area contributed by atoms with Gasteiger partial charge in [0.15, 0.2) is 0 Å². The van der Waals surface area contributed by atoms with Crippen molar-refractivity contribution in [1.82, 2.24) is 5.32 Å². The quantitative estimate of drug-likeness (QED) is 0.694. The molecule has 0 aliphatic heterocycles. The Labute approximate surface area is 142 Å². The van der Waals surface area contributed by atoms with E-state index in [1.165, 1.54) is 10.8 Å². The Balaban J connectivity index is 1.85. The van der Waals surface area contributed by atoms with Crippen LogP contribution in [0.15, 0.2) is 66.7 Å². The fourth-order valence-corrected chi connectivity index (χ4v) is 2.77. The van der Waals surface area contributed by atoms with Gasteiger partial charge in [0.05, 0.1) is 6.10 Å². The standard InChI is InChI=1S/C21H23NO2/c1-16(23)13-22-14-20-19-10-6-5-9-18(19)11-12-21(20)24-15-17-7-3-2-4-8-17/h2-12,16,22-23H,13-15H2,1H3/t16-/m0/s1. The fourth-order valence-electron chi connectivity index (χ4n) is 2.77. The zero-order chi connectivity index (χ0) is 16.8. The maximum Gasteiger partial charge on any atom is 0.124 e. The third-order valence-electron chi connectivity index (χ3n) is 3.98. The molecule has 0 radical (unpaired) electrons. The third-order valence-corrected chi connectivity index (χ3v) is 3.98. The third kappa shape index (κ3) is 4.13. The van der Waals surface area contributed by atoms with Crippen LogP contribution in [0.5, 0.6) is 5.75 Å². The van der Waals surface area contributed by atoms with Crippen molar-refractivity contribution < 1.29 is 9.84 Å². The minimum absolute atomic E-state index is 0.367. The number of aliphatic hydroxyl groups is 1. The van der Waals surface area contributed by atoms with E-state index in [-0.39, 0.29) is 6.10 Å². The minimum Gasteiger partial charge on any atom is -0.489 e. The van der Waals surface area contributed by atoms with Gasteiger partial charge in [0.2, 0.25) is 0 Å². The van der Waals surface area contributed by atoms with Crippen LogP contribution < -0.4 is 10.1 Å². The molecule has 0 aromatic heterocycles. The zero-order valence-corrected chi connectivity index (χ0v) is 13.9. The molecule has 0 saturated carbocycles. The van der Waals surface area contributed by atoms with Crippen LogP contribution in [0.3, 0.4) is 0 Å². The summed E-state index contributed by atoms with van der Waals surface area (Å²) in [5.41, 5.74) is 2.28. The van der Waals surface area contributed by atoms with Gasteiger partial charge in [-0.1, -0.05) is 60.7 Å². The molecule has 0 spiro atoms. The molecule has 0 aliphatic rings. The lowest BCUT2D eigenvalue weighted by molar-refractivity contribution is 0.190. The number of hydrogen-bond acceptors (Lipinski definition) is 3. The maximum absolute atomic E-state index is 9.47. The number of ether oxygens (including phenoxy) is 1. The van der Waals surface area contributed by atoms with E-state index >= 15 is 0 Å². The van der Waals surface area contributed by atoms with E-state index in [4.69, 9.17) is 4.74 Å². The van der Waals surface area contributed by atoms with Crippen LogP contribution in [0.25, 0.3) is 10.8 Å². The highest BCUT2D eigenvalue weighted by Crippen LogP contribution is 2.28. The lowest BCUT2D eigenvalue weighted by Gasteiger charge is -2.16. The Morgan fingerprint density at radius 2 is 1.71 bits per heavy atom. The zero-order valence-electron chi connectivity index (χ0n) is 13.9. The Morgan fingerprint density at radius 1 is 0.958 bits per heavy atom. The van der Waals surface area contributed by atoms with Gasteiger partial charge in [-0.25, -0.2) is 0 Å². The number of benzene rings is 3. The number of nitrogens with one attached hydrogen (secondary N) is 1. The second-order valence-electron chi connectivity index (χ2n) is 6.02. The number of hydrogen-bond donors (Lipinski definition) is 2. The molecule has 0 saturated heterocycles. The highest BCUT2D eigenvalue weighted by Gasteiger charge is 2.09. The fraction of sp³-hybridized carbons (Fsp3) is 0.238. The normalized spacial score (nSPS) is 12.2. The van der Waals surface area contributed by atoms with Gasteiger partial charge < -0.3 is 15.2 Å². The van der Waals surface area contributed by atoms with E-state index in [2.05, 4.69) is 35.6 Å². The van der Waals surface area contributed by atoms with Crippen molar-refractivity contribution in [2.45, 2.75) is 26.2 Å². The van der Waals surface area contributed by atoms with Gasteiger partial charge in [0, 0.05) is 18.7 Å². The summed E-state index contributed by atoms with van der Waals surface area (Å²) in [5.74, 6) is 0.885. The molecule has 2 N–H and O–H groups in total. The first kappa shape index (κ1) is 16.5. The Kier molecular flexibility index (Phi) is 5.47. The van der Waals surface area contributed by atoms with Crippen molar-refractivity contribution in [2.24, 2.45) is 0 Å². The van der Waals surface area contributed by atoms with Crippen LogP contribution in [0, 0.1) is 0 Å². The van der Waals surface area contributed by atoms with E-state index in [0.29, 0.717) is 19.7 Å². The number of rotatable bonds is 7. The highest BCUT2D eigenvalue weighted by atomic mass is 16.5. The van der Waals surface area contributed by atoms with E-state index in [0.717, 1.165) is 16.9 Å². The van der Waals surface area contributed by atoms with Gasteiger partial charge in [0.1, 0.15) is 12.4 Å². The second kappa shape index (κ2) is 7.95. The molecule has 124 valence electrons. The number of fused-ring (bicyclic) bond motifs is 1. The first-order valence-corrected chi connectivity index (χ1v) is 8.30. The van der Waals surface area contributed by atoms with E-state index in [9.17, 15) is 5.11 Å². The monoisotopic (exact) mass is 321 g/mol. The topological polar surface area (TPSA) is 41.5 Å². The maximum atomic E-state index is 9.47. The molecule has 3 nitrogen and oxygen atoms in total. The summed E-state index contributed by atoms with van der Waals surface area (Å²) < 4.78 is 6.09. The van der Waals surface area contributed by atoms with Crippen molar-refractivity contribution in [1.29, 1.82) is 0 Å². The Bertz CT molecular complexity index is 784. The van der Waals surface area contributed by atoms with Gasteiger partial charge in [0.25, 0.3) is 0 Å². The smallest absolute Gasteiger partial charge is 0.124 e. The molecule has 0 amide bonds. The molecular formula is C21H23NO2. The summed E-state index contributed by atoms with van der Waals surface area (Å²) in [4.78, 5) is 0. The largest absolute Gasteiger partial charge is 0.489 e. The van der Waals surface area contributed by atoms with Gasteiger partial charge in [-0.3, -0.25) is 0 Å². The second-order valence-corrected chi connectivity index (χ2v) is 6.02. The molecule has 24 heavy (non-hydrogen) atoms. The molecule has 0 bridgehead atoms. The average molecular weight is 321 g/mol. The molecule has 0 unspecified atom stereocenters.